The molecule has 1 unspecified atom stereocenters. The molecule has 0 aliphatic carbocycles. The molecule has 1 aromatic carbocycles. The first kappa shape index (κ1) is 20.5. The van der Waals surface area contributed by atoms with Crippen molar-refractivity contribution in [3.8, 4) is 5.75 Å². The van der Waals surface area contributed by atoms with Crippen molar-refractivity contribution in [2.45, 2.75) is 65.9 Å². The van der Waals surface area contributed by atoms with Gasteiger partial charge in [-0.15, -0.1) is 6.58 Å². The summed E-state index contributed by atoms with van der Waals surface area (Å²) >= 11 is 0. The summed E-state index contributed by atoms with van der Waals surface area (Å²) in [5.41, 5.74) is 15.2. The summed E-state index contributed by atoms with van der Waals surface area (Å²) in [6.07, 6.45) is 4.98. The Morgan fingerprint density at radius 1 is 1.27 bits per heavy atom. The SMILES string of the molecule is C=CC.CCc1cc(N)c(OC(C)C)cc1C(CC)CCN. The summed E-state index contributed by atoms with van der Waals surface area (Å²) in [6.45, 7) is 14.4. The molecule has 22 heavy (non-hydrogen) atoms. The number of benzene rings is 1. The smallest absolute Gasteiger partial charge is 0.142 e. The number of allylic oxidation sites excluding steroid dienone is 1. The lowest BCUT2D eigenvalue weighted by atomic mass is 9.88. The first-order valence-electron chi connectivity index (χ1n) is 8.30. The standard InChI is InChI=1S/C16H28N2O.C3H6/c1-5-12(7-8-17)14-10-16(19-11(3)4)15(18)9-13(14)6-2;1-3-2/h9-12H,5-8,17-18H2,1-4H3;3H,1H2,2H3. The third-order valence-corrected chi connectivity index (χ3v) is 3.46. The predicted molar refractivity (Wildman–Crippen MR) is 98.6 cm³/mol. The monoisotopic (exact) mass is 306 g/mol. The third kappa shape index (κ3) is 6.52. The van der Waals surface area contributed by atoms with E-state index in [1.54, 1.807) is 6.08 Å². The van der Waals surface area contributed by atoms with Crippen LogP contribution in [0.1, 0.15) is 64.5 Å². The van der Waals surface area contributed by atoms with E-state index in [2.05, 4.69) is 32.6 Å². The molecule has 3 heteroatoms. The number of nitrogens with two attached hydrogens (primary N) is 2. The van der Waals surface area contributed by atoms with Gasteiger partial charge in [-0.3, -0.25) is 0 Å². The lowest BCUT2D eigenvalue weighted by Gasteiger charge is -2.21. The Kier molecular flexibility index (Phi) is 10.4. The minimum Gasteiger partial charge on any atom is -0.489 e. The van der Waals surface area contributed by atoms with E-state index >= 15 is 0 Å². The number of ether oxygens (including phenoxy) is 1. The predicted octanol–water partition coefficient (Wildman–Crippen LogP) is 4.65. The van der Waals surface area contributed by atoms with Crippen molar-refractivity contribution in [2.24, 2.45) is 5.73 Å². The van der Waals surface area contributed by atoms with E-state index in [1.165, 1.54) is 11.1 Å². The van der Waals surface area contributed by atoms with Crippen molar-refractivity contribution < 1.29 is 4.74 Å². The molecule has 4 N–H and O–H groups in total. The van der Waals surface area contributed by atoms with Gasteiger partial charge in [0.2, 0.25) is 0 Å². The molecule has 3 nitrogen and oxygen atoms in total. The zero-order valence-corrected chi connectivity index (χ0v) is 15.0. The number of nitrogen functional groups attached to an aromatic ring is 1. The molecule has 0 fully saturated rings. The topological polar surface area (TPSA) is 61.3 Å². The summed E-state index contributed by atoms with van der Waals surface area (Å²) in [5.74, 6) is 1.30. The first-order valence-corrected chi connectivity index (χ1v) is 8.30. The molecule has 0 spiro atoms. The van der Waals surface area contributed by atoms with E-state index in [-0.39, 0.29) is 6.10 Å². The molecule has 0 aliphatic rings. The van der Waals surface area contributed by atoms with E-state index in [0.717, 1.165) is 30.7 Å². The molecule has 0 aromatic heterocycles. The molecule has 0 bridgehead atoms. The van der Waals surface area contributed by atoms with Crippen molar-refractivity contribution in [3.63, 3.8) is 0 Å². The zero-order valence-electron chi connectivity index (χ0n) is 15.0. The highest BCUT2D eigenvalue weighted by Crippen LogP contribution is 2.34. The Hall–Kier alpha value is -1.48. The van der Waals surface area contributed by atoms with Gasteiger partial charge < -0.3 is 16.2 Å². The average molecular weight is 306 g/mol. The Morgan fingerprint density at radius 3 is 2.27 bits per heavy atom. The Bertz CT molecular complexity index is 441. The number of anilines is 1. The summed E-state index contributed by atoms with van der Waals surface area (Å²) in [7, 11) is 0. The van der Waals surface area contributed by atoms with Crippen LogP contribution in [0.15, 0.2) is 24.8 Å². The van der Waals surface area contributed by atoms with Gasteiger partial charge in [0.25, 0.3) is 0 Å². The van der Waals surface area contributed by atoms with Gasteiger partial charge in [0.15, 0.2) is 0 Å². The molecule has 0 saturated carbocycles. The molecule has 0 amide bonds. The first-order chi connectivity index (χ1) is 10.4. The summed E-state index contributed by atoms with van der Waals surface area (Å²) in [4.78, 5) is 0. The van der Waals surface area contributed by atoms with Gasteiger partial charge in [0.05, 0.1) is 11.8 Å². The van der Waals surface area contributed by atoms with E-state index in [4.69, 9.17) is 16.2 Å². The maximum atomic E-state index is 6.08. The summed E-state index contributed by atoms with van der Waals surface area (Å²) in [6, 6.07) is 4.18. The second-order valence-electron chi connectivity index (χ2n) is 5.70. The third-order valence-electron chi connectivity index (χ3n) is 3.46. The molecule has 0 heterocycles. The van der Waals surface area contributed by atoms with Gasteiger partial charge in [-0.05, 0) is 75.8 Å². The van der Waals surface area contributed by atoms with Crippen LogP contribution in [0.5, 0.6) is 5.75 Å². The number of rotatable bonds is 7. The second kappa shape index (κ2) is 11.1. The normalized spacial score (nSPS) is 11.6. The highest BCUT2D eigenvalue weighted by atomic mass is 16.5. The Balaban J connectivity index is 0.00000135. The van der Waals surface area contributed by atoms with Crippen molar-refractivity contribution in [3.05, 3.63) is 35.9 Å². The van der Waals surface area contributed by atoms with Crippen LogP contribution in [-0.4, -0.2) is 12.6 Å². The largest absolute Gasteiger partial charge is 0.489 e. The van der Waals surface area contributed by atoms with Crippen LogP contribution >= 0.6 is 0 Å². The molecule has 1 rings (SSSR count). The Morgan fingerprint density at radius 2 is 1.86 bits per heavy atom. The van der Waals surface area contributed by atoms with Crippen molar-refractivity contribution in [2.75, 3.05) is 12.3 Å². The molecule has 0 aliphatic heterocycles. The molecule has 1 atom stereocenters. The fourth-order valence-electron chi connectivity index (χ4n) is 2.48. The fourth-order valence-corrected chi connectivity index (χ4v) is 2.48. The summed E-state index contributed by atoms with van der Waals surface area (Å²) < 4.78 is 5.80. The number of aryl methyl sites for hydroxylation is 1. The molecular weight excluding hydrogens is 272 g/mol. The molecule has 1 aromatic rings. The van der Waals surface area contributed by atoms with E-state index in [1.807, 2.05) is 20.8 Å². The van der Waals surface area contributed by atoms with Crippen LogP contribution in [0.25, 0.3) is 0 Å². The second-order valence-corrected chi connectivity index (χ2v) is 5.70. The lowest BCUT2D eigenvalue weighted by Crippen LogP contribution is -2.12. The minimum atomic E-state index is 0.136. The fraction of sp³-hybridized carbons (Fsp3) is 0.579. The van der Waals surface area contributed by atoms with Gasteiger partial charge in [-0.1, -0.05) is 19.9 Å². The van der Waals surface area contributed by atoms with Gasteiger partial charge in [-0.2, -0.15) is 0 Å². The van der Waals surface area contributed by atoms with Crippen LogP contribution in [0.4, 0.5) is 5.69 Å². The van der Waals surface area contributed by atoms with Crippen molar-refractivity contribution >= 4 is 5.69 Å². The van der Waals surface area contributed by atoms with Gasteiger partial charge in [0.1, 0.15) is 5.75 Å². The van der Waals surface area contributed by atoms with Gasteiger partial charge >= 0.3 is 0 Å². The van der Waals surface area contributed by atoms with Crippen LogP contribution in [0.2, 0.25) is 0 Å². The maximum absolute atomic E-state index is 6.08. The Labute approximate surface area is 136 Å². The van der Waals surface area contributed by atoms with Crippen LogP contribution < -0.4 is 16.2 Å². The van der Waals surface area contributed by atoms with Gasteiger partial charge in [-0.25, -0.2) is 0 Å². The average Bonchev–Trinajstić information content (AvgIpc) is 2.47. The van der Waals surface area contributed by atoms with Gasteiger partial charge in [0, 0.05) is 0 Å². The highest BCUT2D eigenvalue weighted by molar-refractivity contribution is 5.57. The van der Waals surface area contributed by atoms with Crippen molar-refractivity contribution in [1.82, 2.24) is 0 Å². The van der Waals surface area contributed by atoms with E-state index < -0.39 is 0 Å². The minimum absolute atomic E-state index is 0.136. The van der Waals surface area contributed by atoms with Crippen LogP contribution in [0.3, 0.4) is 0 Å². The zero-order chi connectivity index (χ0) is 17.1. The van der Waals surface area contributed by atoms with E-state index in [0.29, 0.717) is 12.5 Å². The van der Waals surface area contributed by atoms with E-state index in [9.17, 15) is 0 Å². The molecule has 0 radical (unpaired) electrons. The van der Waals surface area contributed by atoms with Crippen molar-refractivity contribution in [1.29, 1.82) is 0 Å². The number of hydrogen-bond acceptors (Lipinski definition) is 3. The van der Waals surface area contributed by atoms with Crippen LogP contribution in [0, 0.1) is 0 Å². The molecule has 0 saturated heterocycles. The molecule has 126 valence electrons. The van der Waals surface area contributed by atoms with Crippen LogP contribution in [-0.2, 0) is 6.42 Å². The number of hydrogen-bond donors (Lipinski definition) is 2. The lowest BCUT2D eigenvalue weighted by molar-refractivity contribution is 0.243. The highest BCUT2D eigenvalue weighted by Gasteiger charge is 2.16. The molecular formula is C19H34N2O. The maximum Gasteiger partial charge on any atom is 0.142 e. The quantitative estimate of drug-likeness (QED) is 0.569. The summed E-state index contributed by atoms with van der Waals surface area (Å²) in [5, 5.41) is 0.